The molecule has 7 heteroatoms. The Morgan fingerprint density at radius 1 is 1.06 bits per heavy atom. The van der Waals surface area contributed by atoms with E-state index in [-0.39, 0.29) is 11.5 Å². The number of nitrogens with zero attached hydrogens (tertiary/aromatic N) is 2. The van der Waals surface area contributed by atoms with Gasteiger partial charge in [0, 0.05) is 15.8 Å². The predicted octanol–water partition coefficient (Wildman–Crippen LogP) is 6.13. The maximum atomic E-state index is 13.5. The van der Waals surface area contributed by atoms with Gasteiger partial charge >= 0.3 is 0 Å². The Morgan fingerprint density at radius 3 is 2.41 bits per heavy atom. The summed E-state index contributed by atoms with van der Waals surface area (Å²) in [5.41, 5.74) is 4.32. The molecule has 1 fully saturated rings. The van der Waals surface area contributed by atoms with Crippen molar-refractivity contribution >= 4 is 50.9 Å². The molecule has 170 valence electrons. The van der Waals surface area contributed by atoms with Crippen molar-refractivity contribution in [3.05, 3.63) is 105 Å². The van der Waals surface area contributed by atoms with Gasteiger partial charge in [-0.2, -0.15) is 5.26 Å². The Bertz CT molecular complexity index is 1310. The van der Waals surface area contributed by atoms with Gasteiger partial charge in [0.25, 0.3) is 5.91 Å². The molecular weight excluding hydrogens is 510 g/mol. The SMILES string of the molecule is Cc1ccc(NC(=O)C(C#N)=C2SC(Cc3cccc(C)c3)C(=O)N2c2ccc(Br)cc2)cc1. The summed E-state index contributed by atoms with van der Waals surface area (Å²) >= 11 is 4.68. The summed E-state index contributed by atoms with van der Waals surface area (Å²) in [6, 6.07) is 24.6. The smallest absolute Gasteiger partial charge is 0.269 e. The van der Waals surface area contributed by atoms with Crippen LogP contribution in [0.25, 0.3) is 0 Å². The van der Waals surface area contributed by atoms with Crippen molar-refractivity contribution in [2.75, 3.05) is 10.2 Å². The van der Waals surface area contributed by atoms with Crippen LogP contribution in [-0.2, 0) is 16.0 Å². The quantitative estimate of drug-likeness (QED) is 0.317. The van der Waals surface area contributed by atoms with Crippen LogP contribution in [0.5, 0.6) is 0 Å². The number of hydrogen-bond acceptors (Lipinski definition) is 4. The monoisotopic (exact) mass is 531 g/mol. The van der Waals surface area contributed by atoms with Gasteiger partial charge in [0.15, 0.2) is 0 Å². The second-order valence-electron chi connectivity index (χ2n) is 8.06. The van der Waals surface area contributed by atoms with Gasteiger partial charge in [-0.25, -0.2) is 0 Å². The highest BCUT2D eigenvalue weighted by Crippen LogP contribution is 2.42. The zero-order valence-corrected chi connectivity index (χ0v) is 21.1. The number of carbonyl (C=O) groups excluding carboxylic acids is 2. The molecule has 34 heavy (non-hydrogen) atoms. The number of nitrogens with one attached hydrogen (secondary N) is 1. The molecule has 0 aromatic heterocycles. The fraction of sp³-hybridized carbons (Fsp3) is 0.148. The van der Waals surface area contributed by atoms with Crippen molar-refractivity contribution in [3.63, 3.8) is 0 Å². The molecule has 1 atom stereocenters. The van der Waals surface area contributed by atoms with Crippen molar-refractivity contribution in [1.82, 2.24) is 0 Å². The van der Waals surface area contributed by atoms with E-state index in [4.69, 9.17) is 0 Å². The summed E-state index contributed by atoms with van der Waals surface area (Å²) in [5.74, 6) is -0.695. The predicted molar refractivity (Wildman–Crippen MR) is 140 cm³/mol. The average Bonchev–Trinajstić information content (AvgIpc) is 3.12. The number of halogens is 1. The number of anilines is 2. The summed E-state index contributed by atoms with van der Waals surface area (Å²) in [5, 5.41) is 12.6. The van der Waals surface area contributed by atoms with Crippen LogP contribution in [0.1, 0.15) is 16.7 Å². The van der Waals surface area contributed by atoms with Crippen LogP contribution in [0, 0.1) is 25.2 Å². The van der Waals surface area contributed by atoms with E-state index >= 15 is 0 Å². The molecule has 5 nitrogen and oxygen atoms in total. The number of hydrogen-bond donors (Lipinski definition) is 1. The van der Waals surface area contributed by atoms with E-state index in [1.54, 1.807) is 24.3 Å². The molecule has 0 aliphatic carbocycles. The van der Waals surface area contributed by atoms with Gasteiger partial charge in [-0.15, -0.1) is 0 Å². The molecule has 1 unspecified atom stereocenters. The number of rotatable bonds is 5. The van der Waals surface area contributed by atoms with E-state index in [1.807, 2.05) is 62.4 Å². The van der Waals surface area contributed by atoms with Gasteiger partial charge in [-0.3, -0.25) is 14.5 Å². The number of thioether (sulfide) groups is 1. The summed E-state index contributed by atoms with van der Waals surface area (Å²) in [6.45, 7) is 3.97. The molecule has 1 aliphatic rings. The van der Waals surface area contributed by atoms with Crippen molar-refractivity contribution < 1.29 is 9.59 Å². The van der Waals surface area contributed by atoms with Crippen molar-refractivity contribution in [2.45, 2.75) is 25.5 Å². The lowest BCUT2D eigenvalue weighted by molar-refractivity contribution is -0.117. The first-order valence-electron chi connectivity index (χ1n) is 10.7. The van der Waals surface area contributed by atoms with Crippen LogP contribution in [0.3, 0.4) is 0 Å². The average molecular weight is 532 g/mol. The Labute approximate surface area is 211 Å². The van der Waals surface area contributed by atoms with E-state index in [0.717, 1.165) is 21.2 Å². The number of nitriles is 1. The fourth-order valence-electron chi connectivity index (χ4n) is 3.70. The maximum absolute atomic E-state index is 13.5. The van der Waals surface area contributed by atoms with Gasteiger partial charge in [-0.05, 0) is 62.2 Å². The minimum atomic E-state index is -0.542. The normalized spacial score (nSPS) is 16.8. The molecule has 0 bridgehead atoms. The van der Waals surface area contributed by atoms with Gasteiger partial charge in [0.2, 0.25) is 5.91 Å². The number of benzene rings is 3. The third-order valence-corrected chi connectivity index (χ3v) is 7.19. The zero-order chi connectivity index (χ0) is 24.2. The van der Waals surface area contributed by atoms with Gasteiger partial charge in [0.1, 0.15) is 16.7 Å². The molecule has 1 aliphatic heterocycles. The molecule has 3 aromatic carbocycles. The van der Waals surface area contributed by atoms with Crippen LogP contribution in [0.4, 0.5) is 11.4 Å². The van der Waals surface area contributed by atoms with Crippen molar-refractivity contribution in [3.8, 4) is 6.07 Å². The lowest BCUT2D eigenvalue weighted by Gasteiger charge is -2.19. The minimum Gasteiger partial charge on any atom is -0.321 e. The molecule has 1 N–H and O–H groups in total. The van der Waals surface area contributed by atoms with Crippen LogP contribution < -0.4 is 10.2 Å². The summed E-state index contributed by atoms with van der Waals surface area (Å²) < 4.78 is 0.870. The Morgan fingerprint density at radius 2 is 1.76 bits per heavy atom. The van der Waals surface area contributed by atoms with Gasteiger partial charge in [0.05, 0.1) is 5.25 Å². The van der Waals surface area contributed by atoms with E-state index < -0.39 is 11.2 Å². The van der Waals surface area contributed by atoms with Crippen LogP contribution in [0.15, 0.2) is 87.9 Å². The highest BCUT2D eigenvalue weighted by molar-refractivity contribution is 9.10. The molecule has 0 saturated carbocycles. The molecule has 1 heterocycles. The van der Waals surface area contributed by atoms with Gasteiger partial charge < -0.3 is 5.32 Å². The highest BCUT2D eigenvalue weighted by atomic mass is 79.9. The molecule has 4 rings (SSSR count). The Kier molecular flexibility index (Phi) is 7.20. The Balaban J connectivity index is 1.72. The zero-order valence-electron chi connectivity index (χ0n) is 18.7. The number of carbonyl (C=O) groups is 2. The lowest BCUT2D eigenvalue weighted by Crippen LogP contribution is -2.30. The lowest BCUT2D eigenvalue weighted by atomic mass is 10.1. The first kappa shape index (κ1) is 23.8. The van der Waals surface area contributed by atoms with E-state index in [0.29, 0.717) is 22.8 Å². The molecule has 2 amide bonds. The second kappa shape index (κ2) is 10.3. The first-order chi connectivity index (χ1) is 16.4. The molecular formula is C27H22BrN3O2S. The topological polar surface area (TPSA) is 73.2 Å². The van der Waals surface area contributed by atoms with Crippen molar-refractivity contribution in [1.29, 1.82) is 5.26 Å². The van der Waals surface area contributed by atoms with Crippen molar-refractivity contribution in [2.24, 2.45) is 0 Å². The van der Waals surface area contributed by atoms with E-state index in [2.05, 4.69) is 27.3 Å². The van der Waals surface area contributed by atoms with Crippen LogP contribution >= 0.6 is 27.7 Å². The van der Waals surface area contributed by atoms with Crippen LogP contribution in [0.2, 0.25) is 0 Å². The third-order valence-electron chi connectivity index (χ3n) is 5.40. The summed E-state index contributed by atoms with van der Waals surface area (Å²) in [7, 11) is 0. The second-order valence-corrected chi connectivity index (χ2v) is 10.2. The largest absolute Gasteiger partial charge is 0.321 e. The molecule has 1 saturated heterocycles. The summed E-state index contributed by atoms with van der Waals surface area (Å²) in [6.07, 6.45) is 0.500. The minimum absolute atomic E-state index is 0.0893. The van der Waals surface area contributed by atoms with E-state index in [9.17, 15) is 14.9 Å². The molecule has 3 aromatic rings. The van der Waals surface area contributed by atoms with Crippen LogP contribution in [-0.4, -0.2) is 17.1 Å². The molecule has 0 radical (unpaired) electrons. The van der Waals surface area contributed by atoms with E-state index in [1.165, 1.54) is 16.7 Å². The number of aryl methyl sites for hydroxylation is 2. The highest BCUT2D eigenvalue weighted by Gasteiger charge is 2.40. The maximum Gasteiger partial charge on any atom is 0.269 e. The Hall–Kier alpha value is -3.34. The van der Waals surface area contributed by atoms with Gasteiger partial charge in [-0.1, -0.05) is 75.2 Å². The standard InChI is InChI=1S/C27H22BrN3O2S/c1-17-6-10-21(11-7-17)30-25(32)23(16-29)27-31(22-12-8-20(28)9-13-22)26(33)24(34-27)15-19-5-3-4-18(2)14-19/h3-14,24H,15H2,1-2H3,(H,30,32). The number of amides is 2. The molecule has 0 spiro atoms. The fourth-order valence-corrected chi connectivity index (χ4v) is 5.27. The first-order valence-corrected chi connectivity index (χ1v) is 12.4. The third kappa shape index (κ3) is 5.24. The summed E-state index contributed by atoms with van der Waals surface area (Å²) in [4.78, 5) is 28.2.